The molecule has 0 atom stereocenters. The molecule has 0 heterocycles. The number of ether oxygens (including phenoxy) is 1. The van der Waals surface area contributed by atoms with Crippen LogP contribution in [0.5, 0.6) is 5.75 Å². The van der Waals surface area contributed by atoms with Crippen molar-refractivity contribution in [1.82, 2.24) is 0 Å². The summed E-state index contributed by atoms with van der Waals surface area (Å²) in [7, 11) is 0. The van der Waals surface area contributed by atoms with E-state index in [1.165, 1.54) is 6.07 Å². The van der Waals surface area contributed by atoms with Gasteiger partial charge < -0.3 is 4.74 Å². The number of nitrogens with zero attached hydrogens (tertiary/aromatic N) is 1. The maximum atomic E-state index is 13.3. The quantitative estimate of drug-likeness (QED) is 0.594. The van der Waals surface area contributed by atoms with Crippen molar-refractivity contribution in [2.45, 2.75) is 26.7 Å². The molecule has 0 aromatic heterocycles. The normalized spacial score (nSPS) is 11.1. The van der Waals surface area contributed by atoms with Crippen molar-refractivity contribution in [1.29, 1.82) is 5.26 Å². The van der Waals surface area contributed by atoms with Gasteiger partial charge in [-0.1, -0.05) is 15.9 Å². The van der Waals surface area contributed by atoms with E-state index in [-0.39, 0.29) is 12.4 Å². The molecule has 0 aliphatic heterocycles. The van der Waals surface area contributed by atoms with Crippen molar-refractivity contribution >= 4 is 15.9 Å². The maximum absolute atomic E-state index is 13.3. The molecule has 2 nitrogen and oxygen atoms in total. The fourth-order valence-electron chi connectivity index (χ4n) is 1.39. The minimum absolute atomic E-state index is 0.114. The van der Waals surface area contributed by atoms with Gasteiger partial charge in [0, 0.05) is 4.47 Å². The molecule has 18 heavy (non-hydrogen) atoms. The first kappa shape index (κ1) is 14.9. The van der Waals surface area contributed by atoms with E-state index in [1.54, 1.807) is 0 Å². The molecule has 0 saturated heterocycles. The van der Waals surface area contributed by atoms with E-state index in [9.17, 15) is 8.78 Å². The molecule has 0 aliphatic carbocycles. The second kappa shape index (κ2) is 6.14. The summed E-state index contributed by atoms with van der Waals surface area (Å²) in [4.78, 5) is 0. The van der Waals surface area contributed by atoms with Crippen LogP contribution >= 0.6 is 15.9 Å². The third-order valence-electron chi connectivity index (χ3n) is 2.47. The van der Waals surface area contributed by atoms with Crippen molar-refractivity contribution in [3.63, 3.8) is 0 Å². The van der Waals surface area contributed by atoms with Gasteiger partial charge in [-0.3, -0.25) is 0 Å². The molecule has 0 radical (unpaired) electrons. The minimum atomic E-state index is -0.988. The van der Waals surface area contributed by atoms with Gasteiger partial charge >= 0.3 is 0 Å². The zero-order valence-electron chi connectivity index (χ0n) is 10.3. The molecule has 98 valence electrons. The number of halogens is 3. The third kappa shape index (κ3) is 4.26. The van der Waals surface area contributed by atoms with Crippen LogP contribution in [0.4, 0.5) is 8.78 Å². The van der Waals surface area contributed by atoms with Gasteiger partial charge in [0.15, 0.2) is 11.6 Å². The first-order valence-electron chi connectivity index (χ1n) is 5.54. The van der Waals surface area contributed by atoms with Gasteiger partial charge in [-0.2, -0.15) is 9.65 Å². The standard InChI is InChI=1S/C13H14BrF2NO/c1-13(2,8-17)4-3-5-18-11-7-9(14)6-10(15)12(11)16/h6-7H,3-5H2,1-2H3. The van der Waals surface area contributed by atoms with E-state index in [2.05, 4.69) is 22.0 Å². The van der Waals surface area contributed by atoms with Gasteiger partial charge in [-0.15, -0.1) is 0 Å². The second-order valence-corrected chi connectivity index (χ2v) is 5.56. The molecule has 0 aliphatic rings. The van der Waals surface area contributed by atoms with E-state index in [0.717, 1.165) is 6.07 Å². The van der Waals surface area contributed by atoms with Crippen molar-refractivity contribution in [3.8, 4) is 11.8 Å². The van der Waals surface area contributed by atoms with E-state index >= 15 is 0 Å². The van der Waals surface area contributed by atoms with Crippen LogP contribution in [0.15, 0.2) is 16.6 Å². The van der Waals surface area contributed by atoms with E-state index in [0.29, 0.717) is 17.3 Å². The van der Waals surface area contributed by atoms with Crippen molar-refractivity contribution in [2.24, 2.45) is 5.41 Å². The second-order valence-electron chi connectivity index (χ2n) is 4.65. The molecular weight excluding hydrogens is 304 g/mol. The summed E-state index contributed by atoms with van der Waals surface area (Å²) in [5, 5.41) is 8.82. The molecule has 5 heteroatoms. The van der Waals surface area contributed by atoms with Crippen molar-refractivity contribution in [2.75, 3.05) is 6.61 Å². The van der Waals surface area contributed by atoms with E-state index in [4.69, 9.17) is 10.00 Å². The summed E-state index contributed by atoms with van der Waals surface area (Å²) >= 11 is 3.07. The van der Waals surface area contributed by atoms with Gasteiger partial charge in [0.1, 0.15) is 0 Å². The molecular formula is C13H14BrF2NO. The van der Waals surface area contributed by atoms with E-state index in [1.807, 2.05) is 13.8 Å². The summed E-state index contributed by atoms with van der Waals surface area (Å²) in [6.07, 6.45) is 1.25. The minimum Gasteiger partial charge on any atom is -0.490 e. The lowest BCUT2D eigenvalue weighted by Gasteiger charge is -2.15. The first-order chi connectivity index (χ1) is 8.35. The molecule has 0 fully saturated rings. The van der Waals surface area contributed by atoms with Gasteiger partial charge in [0.2, 0.25) is 5.82 Å². The Hall–Kier alpha value is -1.15. The first-order valence-corrected chi connectivity index (χ1v) is 6.33. The largest absolute Gasteiger partial charge is 0.490 e. The molecule has 0 saturated carbocycles. The highest BCUT2D eigenvalue weighted by atomic mass is 79.9. The van der Waals surface area contributed by atoms with Crippen molar-refractivity contribution in [3.05, 3.63) is 28.2 Å². The zero-order valence-corrected chi connectivity index (χ0v) is 11.9. The SMILES string of the molecule is CC(C)(C#N)CCCOc1cc(Br)cc(F)c1F. The highest BCUT2D eigenvalue weighted by molar-refractivity contribution is 9.10. The number of rotatable bonds is 5. The molecule has 0 unspecified atom stereocenters. The van der Waals surface area contributed by atoms with Gasteiger partial charge in [-0.05, 0) is 38.8 Å². The van der Waals surface area contributed by atoms with Crippen LogP contribution in [0.25, 0.3) is 0 Å². The van der Waals surface area contributed by atoms with Gasteiger partial charge in [-0.25, -0.2) is 4.39 Å². The monoisotopic (exact) mass is 317 g/mol. The maximum Gasteiger partial charge on any atom is 0.200 e. The molecule has 1 aromatic carbocycles. The van der Waals surface area contributed by atoms with Gasteiger partial charge in [0.05, 0.1) is 18.1 Å². The predicted molar refractivity (Wildman–Crippen MR) is 68.2 cm³/mol. The fraction of sp³-hybridized carbons (Fsp3) is 0.462. The molecule has 1 rings (SSSR count). The third-order valence-corrected chi connectivity index (χ3v) is 2.92. The Morgan fingerprint density at radius 3 is 2.67 bits per heavy atom. The van der Waals surface area contributed by atoms with Crippen molar-refractivity contribution < 1.29 is 13.5 Å². The summed E-state index contributed by atoms with van der Waals surface area (Å²) in [5.41, 5.74) is -0.426. The fourth-order valence-corrected chi connectivity index (χ4v) is 1.80. The highest BCUT2D eigenvalue weighted by Gasteiger charge is 2.16. The molecule has 0 amide bonds. The molecule has 1 aromatic rings. The van der Waals surface area contributed by atoms with Crippen LogP contribution in [-0.2, 0) is 0 Å². The lowest BCUT2D eigenvalue weighted by Crippen LogP contribution is -2.10. The number of nitriles is 1. The lowest BCUT2D eigenvalue weighted by atomic mass is 9.90. The topological polar surface area (TPSA) is 33.0 Å². The Kier molecular flexibility index (Phi) is 5.09. The van der Waals surface area contributed by atoms with Crippen LogP contribution in [0.3, 0.4) is 0 Å². The number of hydrogen-bond acceptors (Lipinski definition) is 2. The smallest absolute Gasteiger partial charge is 0.200 e. The van der Waals surface area contributed by atoms with Gasteiger partial charge in [0.25, 0.3) is 0 Å². The van der Waals surface area contributed by atoms with Crippen LogP contribution in [0, 0.1) is 28.4 Å². The predicted octanol–water partition coefficient (Wildman–Crippen LogP) is 4.44. The Morgan fingerprint density at radius 1 is 1.39 bits per heavy atom. The Morgan fingerprint density at radius 2 is 2.06 bits per heavy atom. The van der Waals surface area contributed by atoms with Crippen LogP contribution in [0.2, 0.25) is 0 Å². The molecule has 0 bridgehead atoms. The Labute approximate surface area is 114 Å². The van der Waals surface area contributed by atoms with Crippen LogP contribution < -0.4 is 4.74 Å². The summed E-state index contributed by atoms with van der Waals surface area (Å²) in [6, 6.07) is 4.60. The van der Waals surface area contributed by atoms with E-state index < -0.39 is 17.0 Å². The van der Waals surface area contributed by atoms with Crippen LogP contribution in [0.1, 0.15) is 26.7 Å². The summed E-state index contributed by atoms with van der Waals surface area (Å²) in [6.45, 7) is 3.90. The average molecular weight is 318 g/mol. The number of hydrogen-bond donors (Lipinski definition) is 0. The van der Waals surface area contributed by atoms with Crippen LogP contribution in [-0.4, -0.2) is 6.61 Å². The Balaban J connectivity index is 2.53. The molecule has 0 spiro atoms. The summed E-state index contributed by atoms with van der Waals surface area (Å²) in [5.74, 6) is -2.05. The zero-order chi connectivity index (χ0) is 13.8. The number of benzene rings is 1. The lowest BCUT2D eigenvalue weighted by molar-refractivity contribution is 0.269. The summed E-state index contributed by atoms with van der Waals surface area (Å²) < 4.78 is 32.0. The average Bonchev–Trinajstić information content (AvgIpc) is 2.30. The highest BCUT2D eigenvalue weighted by Crippen LogP contribution is 2.26. The molecule has 0 N–H and O–H groups in total. The Bertz CT molecular complexity index is 469.